The van der Waals surface area contributed by atoms with E-state index in [1.165, 1.54) is 0 Å². The molecule has 1 rings (SSSR count). The Balaban J connectivity index is 3.35. The van der Waals surface area contributed by atoms with Gasteiger partial charge < -0.3 is 17.2 Å². The molecule has 0 fully saturated rings. The first-order valence-electron chi connectivity index (χ1n) is 5.34. The summed E-state index contributed by atoms with van der Waals surface area (Å²) in [6, 6.07) is 5.98. The molecule has 1 aromatic rings. The molecule has 0 spiro atoms. The molecule has 0 heterocycles. The summed E-state index contributed by atoms with van der Waals surface area (Å²) >= 11 is 0. The van der Waals surface area contributed by atoms with E-state index in [0.29, 0.717) is 0 Å². The maximum atomic E-state index is 5.98. The van der Waals surface area contributed by atoms with Crippen molar-refractivity contribution in [3.8, 4) is 0 Å². The van der Waals surface area contributed by atoms with Gasteiger partial charge in [-0.25, -0.2) is 0 Å². The zero-order chi connectivity index (χ0) is 11.6. The standard InChI is InChI=1S/C12H21N3/c1-7(13)10-5-4-6-11(8(2)14)12(10)9(3)15/h4-9H,13-15H2,1-3H3. The van der Waals surface area contributed by atoms with Crippen molar-refractivity contribution in [3.63, 3.8) is 0 Å². The smallest absolute Gasteiger partial charge is 0.0272 e. The predicted octanol–water partition coefficient (Wildman–Crippen LogP) is 1.75. The van der Waals surface area contributed by atoms with E-state index in [0.717, 1.165) is 16.7 Å². The van der Waals surface area contributed by atoms with E-state index in [2.05, 4.69) is 0 Å². The van der Waals surface area contributed by atoms with E-state index < -0.39 is 0 Å². The van der Waals surface area contributed by atoms with Crippen LogP contribution >= 0.6 is 0 Å². The summed E-state index contributed by atoms with van der Waals surface area (Å²) < 4.78 is 0. The van der Waals surface area contributed by atoms with Crippen LogP contribution in [0.5, 0.6) is 0 Å². The molecule has 3 atom stereocenters. The zero-order valence-electron chi connectivity index (χ0n) is 9.70. The van der Waals surface area contributed by atoms with Crippen LogP contribution in [0.4, 0.5) is 0 Å². The average molecular weight is 207 g/mol. The molecule has 1 aromatic carbocycles. The fourth-order valence-corrected chi connectivity index (χ4v) is 1.92. The Morgan fingerprint density at radius 3 is 1.47 bits per heavy atom. The molecule has 0 amide bonds. The number of hydrogen-bond donors (Lipinski definition) is 3. The summed E-state index contributed by atoms with van der Waals surface area (Å²) in [5.41, 5.74) is 21.1. The van der Waals surface area contributed by atoms with Crippen LogP contribution in [0.3, 0.4) is 0 Å². The van der Waals surface area contributed by atoms with E-state index in [1.54, 1.807) is 0 Å². The molecule has 0 saturated heterocycles. The van der Waals surface area contributed by atoms with Gasteiger partial charge in [-0.05, 0) is 37.5 Å². The first-order chi connectivity index (χ1) is 6.95. The normalized spacial score (nSPS) is 17.2. The van der Waals surface area contributed by atoms with Gasteiger partial charge in [0.2, 0.25) is 0 Å². The number of hydrogen-bond acceptors (Lipinski definition) is 3. The van der Waals surface area contributed by atoms with Crippen molar-refractivity contribution in [2.45, 2.75) is 38.9 Å². The van der Waals surface area contributed by atoms with Crippen LogP contribution in [0.25, 0.3) is 0 Å². The minimum absolute atomic E-state index is 0.00954. The topological polar surface area (TPSA) is 78.1 Å². The third-order valence-corrected chi connectivity index (χ3v) is 2.61. The van der Waals surface area contributed by atoms with E-state index >= 15 is 0 Å². The van der Waals surface area contributed by atoms with Crippen molar-refractivity contribution < 1.29 is 0 Å². The molecule has 3 nitrogen and oxygen atoms in total. The zero-order valence-corrected chi connectivity index (χ0v) is 9.70. The molecule has 3 unspecified atom stereocenters. The van der Waals surface area contributed by atoms with Crippen molar-refractivity contribution >= 4 is 0 Å². The van der Waals surface area contributed by atoms with Gasteiger partial charge in [-0.15, -0.1) is 0 Å². The summed E-state index contributed by atoms with van der Waals surface area (Å²) in [6.45, 7) is 5.89. The van der Waals surface area contributed by atoms with E-state index in [1.807, 2.05) is 39.0 Å². The molecule has 0 bridgehead atoms. The lowest BCUT2D eigenvalue weighted by molar-refractivity contribution is 0.708. The van der Waals surface area contributed by atoms with Crippen molar-refractivity contribution in [1.29, 1.82) is 0 Å². The minimum atomic E-state index is -0.0341. The highest BCUT2D eigenvalue weighted by molar-refractivity contribution is 5.40. The van der Waals surface area contributed by atoms with Gasteiger partial charge in [0.1, 0.15) is 0 Å². The Labute approximate surface area is 91.6 Å². The molecular formula is C12H21N3. The molecule has 0 saturated carbocycles. The maximum Gasteiger partial charge on any atom is 0.0272 e. The molecule has 3 heteroatoms. The van der Waals surface area contributed by atoms with Crippen LogP contribution < -0.4 is 17.2 Å². The molecular weight excluding hydrogens is 186 g/mol. The lowest BCUT2D eigenvalue weighted by atomic mass is 9.90. The van der Waals surface area contributed by atoms with Crippen molar-refractivity contribution in [1.82, 2.24) is 0 Å². The molecule has 0 aliphatic heterocycles. The molecule has 15 heavy (non-hydrogen) atoms. The highest BCUT2D eigenvalue weighted by Gasteiger charge is 2.16. The highest BCUT2D eigenvalue weighted by atomic mass is 14.7. The average Bonchev–Trinajstić information content (AvgIpc) is 2.16. The van der Waals surface area contributed by atoms with Gasteiger partial charge in [-0.1, -0.05) is 18.2 Å². The number of rotatable bonds is 3. The summed E-state index contributed by atoms with van der Waals surface area (Å²) in [7, 11) is 0. The second kappa shape index (κ2) is 4.75. The molecule has 0 aliphatic carbocycles. The van der Waals surface area contributed by atoms with E-state index in [9.17, 15) is 0 Å². The monoisotopic (exact) mass is 207 g/mol. The Morgan fingerprint density at radius 1 is 0.800 bits per heavy atom. The minimum Gasteiger partial charge on any atom is -0.324 e. The molecule has 6 N–H and O–H groups in total. The number of nitrogens with two attached hydrogens (primary N) is 3. The van der Waals surface area contributed by atoms with Gasteiger partial charge in [-0.2, -0.15) is 0 Å². The van der Waals surface area contributed by atoms with Crippen molar-refractivity contribution in [2.75, 3.05) is 0 Å². The largest absolute Gasteiger partial charge is 0.324 e. The summed E-state index contributed by atoms with van der Waals surface area (Å²) in [5.74, 6) is 0. The Kier molecular flexibility index (Phi) is 3.85. The van der Waals surface area contributed by atoms with Gasteiger partial charge in [0.25, 0.3) is 0 Å². The summed E-state index contributed by atoms with van der Waals surface area (Å²) in [4.78, 5) is 0. The second-order valence-electron chi connectivity index (χ2n) is 4.22. The molecule has 0 aromatic heterocycles. The van der Waals surface area contributed by atoms with Gasteiger partial charge >= 0.3 is 0 Å². The first-order valence-corrected chi connectivity index (χ1v) is 5.34. The third-order valence-electron chi connectivity index (χ3n) is 2.61. The van der Waals surface area contributed by atoms with Gasteiger partial charge in [0.15, 0.2) is 0 Å². The predicted molar refractivity (Wildman–Crippen MR) is 64.2 cm³/mol. The highest BCUT2D eigenvalue weighted by Crippen LogP contribution is 2.28. The molecule has 0 radical (unpaired) electrons. The fourth-order valence-electron chi connectivity index (χ4n) is 1.92. The van der Waals surface area contributed by atoms with Gasteiger partial charge in [0, 0.05) is 18.1 Å². The Hall–Kier alpha value is -0.900. The van der Waals surface area contributed by atoms with E-state index in [-0.39, 0.29) is 18.1 Å². The van der Waals surface area contributed by atoms with Crippen LogP contribution in [0, 0.1) is 0 Å². The van der Waals surface area contributed by atoms with Crippen molar-refractivity contribution in [3.05, 3.63) is 34.9 Å². The van der Waals surface area contributed by atoms with Gasteiger partial charge in [0.05, 0.1) is 0 Å². The first kappa shape index (κ1) is 12.2. The third kappa shape index (κ3) is 2.56. The Bertz CT molecular complexity index is 303. The summed E-state index contributed by atoms with van der Waals surface area (Å²) in [6.07, 6.45) is 0. The Morgan fingerprint density at radius 2 is 1.20 bits per heavy atom. The van der Waals surface area contributed by atoms with Crippen LogP contribution in [0.1, 0.15) is 55.6 Å². The van der Waals surface area contributed by atoms with Crippen LogP contribution in [-0.4, -0.2) is 0 Å². The van der Waals surface area contributed by atoms with Gasteiger partial charge in [-0.3, -0.25) is 0 Å². The second-order valence-corrected chi connectivity index (χ2v) is 4.22. The van der Waals surface area contributed by atoms with Crippen LogP contribution in [0.2, 0.25) is 0 Å². The lowest BCUT2D eigenvalue weighted by Gasteiger charge is -2.21. The maximum absolute atomic E-state index is 5.98. The number of benzene rings is 1. The summed E-state index contributed by atoms with van der Waals surface area (Å²) in [5, 5.41) is 0. The van der Waals surface area contributed by atoms with Crippen LogP contribution in [-0.2, 0) is 0 Å². The van der Waals surface area contributed by atoms with Crippen molar-refractivity contribution in [2.24, 2.45) is 17.2 Å². The molecule has 0 aliphatic rings. The van der Waals surface area contributed by atoms with E-state index in [4.69, 9.17) is 17.2 Å². The fraction of sp³-hybridized carbons (Fsp3) is 0.500. The van der Waals surface area contributed by atoms with Crippen LogP contribution in [0.15, 0.2) is 18.2 Å². The SMILES string of the molecule is CC(N)c1cccc(C(C)N)c1C(C)N. The molecule has 84 valence electrons. The quantitative estimate of drug-likeness (QED) is 0.706. The lowest BCUT2D eigenvalue weighted by Crippen LogP contribution is -2.19.